The third kappa shape index (κ3) is 6.66. The predicted molar refractivity (Wildman–Crippen MR) is 119 cm³/mol. The SMILES string of the molecule is CC1CCCC(NC(=O)COC(=O)[C@@H](NC(=O)c2ccc([N+](=O)[O-])cc2Cl)C(C)C)C1C. The average molecular weight is 468 g/mol. The number of benzene rings is 1. The van der Waals surface area contributed by atoms with Crippen LogP contribution in [0, 0.1) is 27.9 Å². The summed E-state index contributed by atoms with van der Waals surface area (Å²) in [6.45, 7) is 7.27. The van der Waals surface area contributed by atoms with Crippen LogP contribution in [0.2, 0.25) is 5.02 Å². The van der Waals surface area contributed by atoms with E-state index in [0.717, 1.165) is 31.4 Å². The number of carbonyl (C=O) groups is 3. The van der Waals surface area contributed by atoms with Crippen LogP contribution in [0.3, 0.4) is 0 Å². The van der Waals surface area contributed by atoms with Crippen LogP contribution in [0.1, 0.15) is 57.3 Å². The van der Waals surface area contributed by atoms with Crippen LogP contribution in [0.5, 0.6) is 0 Å². The quantitative estimate of drug-likeness (QED) is 0.342. The number of hydrogen-bond donors (Lipinski definition) is 2. The Morgan fingerprint density at radius 1 is 1.25 bits per heavy atom. The molecule has 0 heterocycles. The molecular weight excluding hydrogens is 438 g/mol. The van der Waals surface area contributed by atoms with Gasteiger partial charge >= 0.3 is 5.97 Å². The molecule has 0 spiro atoms. The second-order valence-corrected chi connectivity index (χ2v) is 9.07. The van der Waals surface area contributed by atoms with Gasteiger partial charge in [-0.05, 0) is 30.2 Å². The maximum absolute atomic E-state index is 12.6. The third-order valence-electron chi connectivity index (χ3n) is 6.01. The van der Waals surface area contributed by atoms with Gasteiger partial charge in [0, 0.05) is 18.2 Å². The summed E-state index contributed by atoms with van der Waals surface area (Å²) in [6.07, 6.45) is 3.08. The van der Waals surface area contributed by atoms with Gasteiger partial charge in [0.15, 0.2) is 6.61 Å². The first kappa shape index (κ1) is 25.6. The average Bonchev–Trinajstić information content (AvgIpc) is 2.73. The van der Waals surface area contributed by atoms with Gasteiger partial charge < -0.3 is 15.4 Å². The van der Waals surface area contributed by atoms with E-state index in [0.29, 0.717) is 11.8 Å². The molecule has 176 valence electrons. The Morgan fingerprint density at radius 3 is 2.53 bits per heavy atom. The molecule has 10 heteroatoms. The van der Waals surface area contributed by atoms with E-state index in [9.17, 15) is 24.5 Å². The van der Waals surface area contributed by atoms with Crippen molar-refractivity contribution in [3.8, 4) is 0 Å². The minimum atomic E-state index is -1.02. The monoisotopic (exact) mass is 467 g/mol. The Kier molecular flexibility index (Phi) is 9.00. The molecule has 9 nitrogen and oxygen atoms in total. The van der Waals surface area contributed by atoms with E-state index in [-0.39, 0.29) is 34.1 Å². The van der Waals surface area contributed by atoms with Crippen molar-refractivity contribution in [2.45, 2.75) is 59.0 Å². The van der Waals surface area contributed by atoms with Gasteiger partial charge in [-0.3, -0.25) is 19.7 Å². The van der Waals surface area contributed by atoms with Gasteiger partial charge in [0.05, 0.1) is 15.5 Å². The standard InChI is InChI=1S/C22H30ClN3O6/c1-12(2)20(25-21(28)16-9-8-15(26(30)31)10-17(16)23)22(29)32-11-19(27)24-18-7-5-6-13(3)14(18)4/h8-10,12-14,18,20H,5-7,11H2,1-4H3,(H,24,27)(H,25,28)/t13?,14?,18?,20-/m0/s1. The van der Waals surface area contributed by atoms with Gasteiger partial charge in [-0.15, -0.1) is 0 Å². The number of hydrogen-bond acceptors (Lipinski definition) is 6. The number of ether oxygens (including phenoxy) is 1. The summed E-state index contributed by atoms with van der Waals surface area (Å²) < 4.78 is 5.16. The van der Waals surface area contributed by atoms with Gasteiger partial charge in [-0.25, -0.2) is 4.79 Å². The molecule has 1 aromatic carbocycles. The summed E-state index contributed by atoms with van der Waals surface area (Å²) in [5, 5.41) is 16.2. The fourth-order valence-corrected chi connectivity index (χ4v) is 4.04. The number of amides is 2. The molecule has 2 N–H and O–H groups in total. The summed E-state index contributed by atoms with van der Waals surface area (Å²) in [4.78, 5) is 47.6. The number of nitro groups is 1. The van der Waals surface area contributed by atoms with Gasteiger partial charge in [0.2, 0.25) is 0 Å². The maximum Gasteiger partial charge on any atom is 0.329 e. The molecule has 2 amide bonds. The zero-order chi connectivity index (χ0) is 24.0. The second-order valence-electron chi connectivity index (χ2n) is 8.67. The minimum Gasteiger partial charge on any atom is -0.454 e. The highest BCUT2D eigenvalue weighted by Crippen LogP contribution is 2.29. The van der Waals surface area contributed by atoms with Crippen LogP contribution in [0.25, 0.3) is 0 Å². The Labute approximate surface area is 192 Å². The molecule has 0 aromatic heterocycles. The second kappa shape index (κ2) is 11.3. The number of nitrogens with zero attached hydrogens (tertiary/aromatic N) is 1. The highest BCUT2D eigenvalue weighted by Gasteiger charge is 2.30. The first-order chi connectivity index (χ1) is 15.0. The summed E-state index contributed by atoms with van der Waals surface area (Å²) in [5.74, 6) is -1.26. The molecule has 1 aliphatic rings. The van der Waals surface area contributed by atoms with Crippen molar-refractivity contribution in [2.24, 2.45) is 17.8 Å². The number of nitrogens with one attached hydrogen (secondary N) is 2. The van der Waals surface area contributed by atoms with Crippen LogP contribution < -0.4 is 10.6 Å². The number of nitro benzene ring substituents is 1. The lowest BCUT2D eigenvalue weighted by molar-refractivity contribution is -0.384. The van der Waals surface area contributed by atoms with Crippen molar-refractivity contribution in [3.63, 3.8) is 0 Å². The van der Waals surface area contributed by atoms with Crippen molar-refractivity contribution in [3.05, 3.63) is 38.9 Å². The predicted octanol–water partition coefficient (Wildman–Crippen LogP) is 3.49. The number of non-ortho nitro benzene ring substituents is 1. The summed E-state index contributed by atoms with van der Waals surface area (Å²) >= 11 is 5.99. The molecule has 1 fully saturated rings. The van der Waals surface area contributed by atoms with Crippen LogP contribution in [-0.2, 0) is 14.3 Å². The smallest absolute Gasteiger partial charge is 0.329 e. The molecule has 0 saturated heterocycles. The molecule has 1 aliphatic carbocycles. The molecule has 32 heavy (non-hydrogen) atoms. The Morgan fingerprint density at radius 2 is 1.94 bits per heavy atom. The van der Waals surface area contributed by atoms with Crippen molar-refractivity contribution >= 4 is 35.1 Å². The number of carbonyl (C=O) groups excluding carboxylic acids is 3. The normalized spacial score (nSPS) is 21.5. The lowest BCUT2D eigenvalue weighted by Gasteiger charge is -2.34. The van der Waals surface area contributed by atoms with E-state index >= 15 is 0 Å². The fraction of sp³-hybridized carbons (Fsp3) is 0.591. The van der Waals surface area contributed by atoms with Crippen molar-refractivity contribution in [1.29, 1.82) is 0 Å². The molecule has 0 bridgehead atoms. The Balaban J connectivity index is 1.95. The molecular formula is C22H30ClN3O6. The van der Waals surface area contributed by atoms with E-state index in [2.05, 4.69) is 24.5 Å². The molecule has 3 unspecified atom stereocenters. The van der Waals surface area contributed by atoms with Crippen LogP contribution in [-0.4, -0.2) is 41.4 Å². The van der Waals surface area contributed by atoms with Crippen molar-refractivity contribution < 1.29 is 24.0 Å². The highest BCUT2D eigenvalue weighted by atomic mass is 35.5. The number of halogens is 1. The highest BCUT2D eigenvalue weighted by molar-refractivity contribution is 6.34. The van der Waals surface area contributed by atoms with Crippen LogP contribution in [0.4, 0.5) is 5.69 Å². The molecule has 4 atom stereocenters. The first-order valence-corrected chi connectivity index (χ1v) is 11.1. The summed E-state index contributed by atoms with van der Waals surface area (Å²) in [6, 6.07) is 2.47. The maximum atomic E-state index is 12.6. The van der Waals surface area contributed by atoms with Gasteiger partial charge in [0.25, 0.3) is 17.5 Å². The Bertz CT molecular complexity index is 875. The fourth-order valence-electron chi connectivity index (χ4n) is 3.78. The third-order valence-corrected chi connectivity index (χ3v) is 6.33. The number of esters is 1. The molecule has 0 radical (unpaired) electrons. The molecule has 1 saturated carbocycles. The van der Waals surface area contributed by atoms with E-state index < -0.39 is 29.4 Å². The van der Waals surface area contributed by atoms with E-state index in [1.807, 2.05) is 0 Å². The van der Waals surface area contributed by atoms with Gasteiger partial charge in [-0.1, -0.05) is 52.1 Å². The summed E-state index contributed by atoms with van der Waals surface area (Å²) in [7, 11) is 0. The van der Waals surface area contributed by atoms with Crippen LogP contribution >= 0.6 is 11.6 Å². The lowest BCUT2D eigenvalue weighted by atomic mass is 9.78. The van der Waals surface area contributed by atoms with Crippen LogP contribution in [0.15, 0.2) is 18.2 Å². The first-order valence-electron chi connectivity index (χ1n) is 10.7. The van der Waals surface area contributed by atoms with Gasteiger partial charge in [-0.2, -0.15) is 0 Å². The van der Waals surface area contributed by atoms with Crippen molar-refractivity contribution in [2.75, 3.05) is 6.61 Å². The van der Waals surface area contributed by atoms with E-state index in [1.165, 1.54) is 6.07 Å². The summed E-state index contributed by atoms with van der Waals surface area (Å²) in [5.41, 5.74) is -0.257. The zero-order valence-corrected chi connectivity index (χ0v) is 19.5. The molecule has 2 rings (SSSR count). The van der Waals surface area contributed by atoms with E-state index in [1.54, 1.807) is 13.8 Å². The van der Waals surface area contributed by atoms with Crippen molar-refractivity contribution in [1.82, 2.24) is 10.6 Å². The topological polar surface area (TPSA) is 128 Å². The van der Waals surface area contributed by atoms with E-state index in [4.69, 9.17) is 16.3 Å². The molecule has 0 aliphatic heterocycles. The van der Waals surface area contributed by atoms with Gasteiger partial charge in [0.1, 0.15) is 6.04 Å². The lowest BCUT2D eigenvalue weighted by Crippen LogP contribution is -2.48. The minimum absolute atomic E-state index is 0.00568. The Hall–Kier alpha value is -2.68. The zero-order valence-electron chi connectivity index (χ0n) is 18.7. The molecule has 1 aromatic rings. The number of rotatable bonds is 8. The largest absolute Gasteiger partial charge is 0.454 e.